The van der Waals surface area contributed by atoms with Gasteiger partial charge in [-0.05, 0) is 48.0 Å². The first-order valence-corrected chi connectivity index (χ1v) is 9.40. The summed E-state index contributed by atoms with van der Waals surface area (Å²) in [7, 11) is 0. The van der Waals surface area contributed by atoms with Crippen LogP contribution in [0.3, 0.4) is 0 Å². The molecule has 0 radical (unpaired) electrons. The Kier molecular flexibility index (Phi) is 5.34. The lowest BCUT2D eigenvalue weighted by molar-refractivity contribution is -0.132. The Labute approximate surface area is 171 Å². The lowest BCUT2D eigenvalue weighted by Crippen LogP contribution is -2.47. The predicted octanol–water partition coefficient (Wildman–Crippen LogP) is 3.88. The second kappa shape index (κ2) is 8.24. The van der Waals surface area contributed by atoms with Crippen LogP contribution in [-0.2, 0) is 16.0 Å². The number of rotatable bonds is 5. The molecule has 0 spiro atoms. The van der Waals surface area contributed by atoms with Gasteiger partial charge in [0.15, 0.2) is 6.10 Å². The number of hydrogen-bond donors (Lipinski definition) is 2. The number of benzene rings is 3. The Morgan fingerprint density at radius 2 is 1.80 bits per heavy atom. The van der Waals surface area contributed by atoms with Crippen molar-refractivity contribution in [3.8, 4) is 5.75 Å². The number of ether oxygens (including phenoxy) is 1. The Hall–Kier alpha value is -3.87. The maximum atomic E-state index is 12.9. The third-order valence-corrected chi connectivity index (χ3v) is 4.71. The average molecular weight is 406 g/mol. The zero-order chi connectivity index (χ0) is 21.1. The summed E-state index contributed by atoms with van der Waals surface area (Å²) < 4.78 is 24.0. The van der Waals surface area contributed by atoms with E-state index >= 15 is 0 Å². The topological polar surface area (TPSA) is 80.6 Å². The van der Waals surface area contributed by atoms with E-state index in [1.165, 1.54) is 31.2 Å². The molecule has 3 aromatic carbocycles. The average Bonchev–Trinajstić information content (AvgIpc) is 3.16. The summed E-state index contributed by atoms with van der Waals surface area (Å²) in [6.07, 6.45) is 0.710. The minimum atomic E-state index is -0.880. The van der Waals surface area contributed by atoms with E-state index in [1.54, 1.807) is 6.26 Å². The Bertz CT molecular complexity index is 1220. The standard InChI is InChI=1S/C23H19FN2O4/c1-14(30-18-9-7-17(24)8-10-18)23(28)26-25-21(27)12-16-13-29-20-11-6-15-4-2-3-5-19(15)22(16)20/h2-11,13-14H,12H2,1H3,(H,25,27)(H,26,28)/t14-/m0/s1. The molecule has 2 amide bonds. The number of carbonyl (C=O) groups is 2. The van der Waals surface area contributed by atoms with Gasteiger partial charge in [-0.2, -0.15) is 0 Å². The predicted molar refractivity (Wildman–Crippen MR) is 110 cm³/mol. The summed E-state index contributed by atoms with van der Waals surface area (Å²) in [5, 5.41) is 2.92. The molecule has 7 heteroatoms. The van der Waals surface area contributed by atoms with E-state index in [0.29, 0.717) is 11.3 Å². The largest absolute Gasteiger partial charge is 0.481 e. The van der Waals surface area contributed by atoms with Gasteiger partial charge in [0.25, 0.3) is 5.91 Å². The molecule has 1 heterocycles. The molecule has 6 nitrogen and oxygen atoms in total. The summed E-state index contributed by atoms with van der Waals surface area (Å²) in [5.41, 5.74) is 6.15. The van der Waals surface area contributed by atoms with E-state index in [-0.39, 0.29) is 6.42 Å². The molecule has 0 aliphatic carbocycles. The summed E-state index contributed by atoms with van der Waals surface area (Å²) in [4.78, 5) is 24.5. The minimum absolute atomic E-state index is 0.0362. The van der Waals surface area contributed by atoms with Crippen LogP contribution in [0.4, 0.5) is 4.39 Å². The quantitative estimate of drug-likeness (QED) is 0.493. The van der Waals surface area contributed by atoms with Gasteiger partial charge in [0, 0.05) is 10.9 Å². The molecule has 152 valence electrons. The van der Waals surface area contributed by atoms with Crippen LogP contribution in [-0.4, -0.2) is 17.9 Å². The van der Waals surface area contributed by atoms with Crippen LogP contribution in [0.5, 0.6) is 5.75 Å². The summed E-state index contributed by atoms with van der Waals surface area (Å²) in [6.45, 7) is 1.53. The van der Waals surface area contributed by atoms with Crippen LogP contribution in [0, 0.1) is 5.82 Å². The van der Waals surface area contributed by atoms with Crippen molar-refractivity contribution in [1.29, 1.82) is 0 Å². The molecule has 1 atom stereocenters. The molecule has 4 rings (SSSR count). The van der Waals surface area contributed by atoms with E-state index in [4.69, 9.17) is 9.15 Å². The zero-order valence-electron chi connectivity index (χ0n) is 16.1. The fraction of sp³-hybridized carbons (Fsp3) is 0.130. The van der Waals surface area contributed by atoms with Crippen molar-refractivity contribution in [2.24, 2.45) is 0 Å². The van der Waals surface area contributed by atoms with Crippen molar-refractivity contribution in [3.63, 3.8) is 0 Å². The van der Waals surface area contributed by atoms with Gasteiger partial charge in [0.2, 0.25) is 5.91 Å². The highest BCUT2D eigenvalue weighted by atomic mass is 19.1. The van der Waals surface area contributed by atoms with Crippen molar-refractivity contribution in [1.82, 2.24) is 10.9 Å². The van der Waals surface area contributed by atoms with Crippen LogP contribution >= 0.6 is 0 Å². The molecule has 0 saturated heterocycles. The maximum Gasteiger partial charge on any atom is 0.279 e. The summed E-state index contributed by atoms with van der Waals surface area (Å²) in [6, 6.07) is 17.0. The highest BCUT2D eigenvalue weighted by Gasteiger charge is 2.17. The highest BCUT2D eigenvalue weighted by molar-refractivity contribution is 6.08. The number of amides is 2. The van der Waals surface area contributed by atoms with E-state index in [2.05, 4.69) is 10.9 Å². The summed E-state index contributed by atoms with van der Waals surface area (Å²) in [5.74, 6) is -0.975. The number of carbonyl (C=O) groups excluding carboxylic acids is 2. The lowest BCUT2D eigenvalue weighted by Gasteiger charge is -2.15. The normalized spacial score (nSPS) is 11.9. The van der Waals surface area contributed by atoms with E-state index in [1.807, 2.05) is 36.4 Å². The Morgan fingerprint density at radius 3 is 2.60 bits per heavy atom. The Balaban J connectivity index is 1.38. The molecule has 4 aromatic rings. The maximum absolute atomic E-state index is 12.9. The van der Waals surface area contributed by atoms with Gasteiger partial charge in [-0.1, -0.05) is 30.3 Å². The van der Waals surface area contributed by atoms with Gasteiger partial charge in [-0.3, -0.25) is 20.4 Å². The van der Waals surface area contributed by atoms with Crippen molar-refractivity contribution < 1.29 is 23.1 Å². The third kappa shape index (κ3) is 4.10. The summed E-state index contributed by atoms with van der Waals surface area (Å²) >= 11 is 0. The first-order chi connectivity index (χ1) is 14.5. The van der Waals surface area contributed by atoms with Gasteiger partial charge in [-0.25, -0.2) is 4.39 Å². The molecular formula is C23H19FN2O4. The van der Waals surface area contributed by atoms with Crippen molar-refractivity contribution in [3.05, 3.63) is 78.3 Å². The van der Waals surface area contributed by atoms with Crippen LogP contribution < -0.4 is 15.6 Å². The highest BCUT2D eigenvalue weighted by Crippen LogP contribution is 2.30. The lowest BCUT2D eigenvalue weighted by atomic mass is 10.0. The molecule has 0 saturated carbocycles. The SMILES string of the molecule is C[C@H](Oc1ccc(F)cc1)C(=O)NNC(=O)Cc1coc2ccc3ccccc3c12. The molecule has 1 aromatic heterocycles. The molecule has 0 unspecified atom stereocenters. The smallest absolute Gasteiger partial charge is 0.279 e. The fourth-order valence-electron chi connectivity index (χ4n) is 3.23. The number of hydrazine groups is 1. The third-order valence-electron chi connectivity index (χ3n) is 4.71. The van der Waals surface area contributed by atoms with Crippen molar-refractivity contribution >= 4 is 33.6 Å². The van der Waals surface area contributed by atoms with Crippen LogP contribution in [0.25, 0.3) is 21.7 Å². The number of furan rings is 1. The van der Waals surface area contributed by atoms with Gasteiger partial charge >= 0.3 is 0 Å². The molecule has 30 heavy (non-hydrogen) atoms. The molecular weight excluding hydrogens is 387 g/mol. The molecule has 0 aliphatic heterocycles. The number of halogens is 1. The van der Waals surface area contributed by atoms with E-state index in [9.17, 15) is 14.0 Å². The Morgan fingerprint density at radius 1 is 1.03 bits per heavy atom. The second-order valence-corrected chi connectivity index (χ2v) is 6.85. The van der Waals surface area contributed by atoms with Crippen LogP contribution in [0.2, 0.25) is 0 Å². The molecule has 0 bridgehead atoms. The van der Waals surface area contributed by atoms with Gasteiger partial charge in [-0.15, -0.1) is 0 Å². The zero-order valence-corrected chi connectivity index (χ0v) is 16.1. The molecule has 0 aliphatic rings. The van der Waals surface area contributed by atoms with Crippen LogP contribution in [0.1, 0.15) is 12.5 Å². The van der Waals surface area contributed by atoms with Crippen LogP contribution in [0.15, 0.2) is 71.3 Å². The van der Waals surface area contributed by atoms with Gasteiger partial charge in [0.05, 0.1) is 12.7 Å². The monoisotopic (exact) mass is 406 g/mol. The number of hydrogen-bond acceptors (Lipinski definition) is 4. The van der Waals surface area contributed by atoms with Crippen molar-refractivity contribution in [2.75, 3.05) is 0 Å². The number of fused-ring (bicyclic) bond motifs is 3. The molecule has 0 fully saturated rings. The first-order valence-electron chi connectivity index (χ1n) is 9.40. The van der Waals surface area contributed by atoms with E-state index < -0.39 is 23.7 Å². The minimum Gasteiger partial charge on any atom is -0.481 e. The molecule has 2 N–H and O–H groups in total. The fourth-order valence-corrected chi connectivity index (χ4v) is 3.23. The van der Waals surface area contributed by atoms with Gasteiger partial charge in [0.1, 0.15) is 17.1 Å². The second-order valence-electron chi connectivity index (χ2n) is 6.85. The first kappa shape index (κ1) is 19.4. The van der Waals surface area contributed by atoms with Gasteiger partial charge < -0.3 is 9.15 Å². The van der Waals surface area contributed by atoms with E-state index in [0.717, 1.165) is 21.7 Å². The number of nitrogens with one attached hydrogen (secondary N) is 2. The van der Waals surface area contributed by atoms with Crippen molar-refractivity contribution in [2.45, 2.75) is 19.4 Å².